The zero-order valence-electron chi connectivity index (χ0n) is 9.39. The first-order valence-electron chi connectivity index (χ1n) is 5.48. The molecule has 90 valence electrons. The predicted octanol–water partition coefficient (Wildman–Crippen LogP) is 5.36. The molecule has 0 amide bonds. The van der Waals surface area contributed by atoms with E-state index in [9.17, 15) is 4.39 Å². The van der Waals surface area contributed by atoms with Crippen LogP contribution < -0.4 is 5.32 Å². The van der Waals surface area contributed by atoms with Crippen LogP contribution in [0.5, 0.6) is 0 Å². The Balaban J connectivity index is 1.85. The second-order valence-electron chi connectivity index (χ2n) is 3.75. The molecule has 1 aromatic carbocycles. The number of benzene rings is 1. The molecule has 0 atom stereocenters. The molecule has 3 aromatic rings. The van der Waals surface area contributed by atoms with Crippen molar-refractivity contribution in [1.29, 1.82) is 0 Å². The van der Waals surface area contributed by atoms with Gasteiger partial charge in [-0.1, -0.05) is 18.2 Å². The molecule has 18 heavy (non-hydrogen) atoms. The zero-order valence-corrected chi connectivity index (χ0v) is 11.0. The van der Waals surface area contributed by atoms with Crippen LogP contribution in [0.4, 0.5) is 15.1 Å². The van der Waals surface area contributed by atoms with Gasteiger partial charge in [-0.15, -0.1) is 22.7 Å². The Hall–Kier alpha value is -1.65. The van der Waals surface area contributed by atoms with Crippen LogP contribution in [0.25, 0.3) is 9.75 Å². The van der Waals surface area contributed by atoms with Gasteiger partial charge in [-0.3, -0.25) is 0 Å². The van der Waals surface area contributed by atoms with Crippen LogP contribution in [0.1, 0.15) is 0 Å². The van der Waals surface area contributed by atoms with E-state index in [1.165, 1.54) is 15.8 Å². The first-order valence-corrected chi connectivity index (χ1v) is 7.18. The quantitative estimate of drug-likeness (QED) is 0.678. The summed E-state index contributed by atoms with van der Waals surface area (Å²) in [4.78, 5) is 2.44. The molecule has 4 heteroatoms. The summed E-state index contributed by atoms with van der Waals surface area (Å²) < 4.78 is 13.5. The van der Waals surface area contributed by atoms with Crippen molar-refractivity contribution in [3.8, 4) is 9.75 Å². The maximum Gasteiger partial charge on any atom is 0.146 e. The second-order valence-corrected chi connectivity index (χ2v) is 5.78. The van der Waals surface area contributed by atoms with Gasteiger partial charge in [0.2, 0.25) is 0 Å². The van der Waals surface area contributed by atoms with Crippen LogP contribution in [0, 0.1) is 5.82 Å². The van der Waals surface area contributed by atoms with Crippen molar-refractivity contribution >= 4 is 33.4 Å². The van der Waals surface area contributed by atoms with E-state index in [1.54, 1.807) is 34.8 Å². The van der Waals surface area contributed by atoms with Crippen molar-refractivity contribution in [3.05, 3.63) is 59.7 Å². The summed E-state index contributed by atoms with van der Waals surface area (Å²) in [6.07, 6.45) is 0. The van der Waals surface area contributed by atoms with Crippen LogP contribution in [-0.4, -0.2) is 0 Å². The Morgan fingerprint density at radius 3 is 2.56 bits per heavy atom. The zero-order chi connectivity index (χ0) is 12.4. The summed E-state index contributed by atoms with van der Waals surface area (Å²) in [5.41, 5.74) is 0.511. The van der Waals surface area contributed by atoms with Crippen LogP contribution in [-0.2, 0) is 0 Å². The molecule has 2 aromatic heterocycles. The van der Waals surface area contributed by atoms with E-state index < -0.39 is 0 Å². The van der Waals surface area contributed by atoms with Gasteiger partial charge in [-0.25, -0.2) is 4.39 Å². The molecule has 0 saturated carbocycles. The molecule has 3 rings (SSSR count). The molecule has 0 saturated heterocycles. The highest BCUT2D eigenvalue weighted by molar-refractivity contribution is 7.23. The van der Waals surface area contributed by atoms with Crippen molar-refractivity contribution in [1.82, 2.24) is 0 Å². The number of rotatable bonds is 3. The molecule has 0 unspecified atom stereocenters. The predicted molar refractivity (Wildman–Crippen MR) is 77.3 cm³/mol. The lowest BCUT2D eigenvalue weighted by atomic mass is 10.3. The minimum absolute atomic E-state index is 0.233. The highest BCUT2D eigenvalue weighted by Crippen LogP contribution is 2.35. The average Bonchev–Trinajstić information content (AvgIpc) is 3.02. The second kappa shape index (κ2) is 4.92. The van der Waals surface area contributed by atoms with Crippen molar-refractivity contribution < 1.29 is 4.39 Å². The lowest BCUT2D eigenvalue weighted by molar-refractivity contribution is 0.632. The third kappa shape index (κ3) is 2.30. The van der Waals surface area contributed by atoms with Crippen LogP contribution >= 0.6 is 22.7 Å². The summed E-state index contributed by atoms with van der Waals surface area (Å²) in [6.45, 7) is 0. The molecular formula is C14H10FNS2. The van der Waals surface area contributed by atoms with Crippen LogP contribution in [0.2, 0.25) is 0 Å². The summed E-state index contributed by atoms with van der Waals surface area (Å²) in [5.74, 6) is -0.233. The summed E-state index contributed by atoms with van der Waals surface area (Å²) in [6, 6.07) is 14.8. The molecule has 0 aliphatic carbocycles. The van der Waals surface area contributed by atoms with Gasteiger partial charge in [-0.2, -0.15) is 0 Å². The SMILES string of the molecule is Fc1ccccc1Nc1ccc(-c2cccs2)s1. The number of nitrogens with one attached hydrogen (secondary N) is 1. The molecule has 1 N–H and O–H groups in total. The van der Waals surface area contributed by atoms with Gasteiger partial charge in [0.1, 0.15) is 5.82 Å². The van der Waals surface area contributed by atoms with E-state index in [0.29, 0.717) is 5.69 Å². The maximum absolute atomic E-state index is 13.5. The molecule has 0 radical (unpaired) electrons. The third-order valence-corrected chi connectivity index (χ3v) is 4.57. The van der Waals surface area contributed by atoms with E-state index >= 15 is 0 Å². The van der Waals surface area contributed by atoms with E-state index in [0.717, 1.165) is 5.00 Å². The van der Waals surface area contributed by atoms with Gasteiger partial charge < -0.3 is 5.32 Å². The van der Waals surface area contributed by atoms with E-state index in [2.05, 4.69) is 22.8 Å². The molecule has 1 nitrogen and oxygen atoms in total. The highest BCUT2D eigenvalue weighted by atomic mass is 32.1. The summed E-state index contributed by atoms with van der Waals surface area (Å²) >= 11 is 3.33. The average molecular weight is 275 g/mol. The molecule has 0 spiro atoms. The normalized spacial score (nSPS) is 10.5. The molecule has 2 heterocycles. The Bertz CT molecular complexity index is 643. The van der Waals surface area contributed by atoms with Gasteiger partial charge in [-0.05, 0) is 35.7 Å². The topological polar surface area (TPSA) is 12.0 Å². The monoisotopic (exact) mass is 275 g/mol. The summed E-state index contributed by atoms with van der Waals surface area (Å²) in [7, 11) is 0. The standard InChI is InChI=1S/C14H10FNS2/c15-10-4-1-2-5-11(10)16-14-8-7-13(18-14)12-6-3-9-17-12/h1-9,16H. The number of anilines is 2. The Labute approximate surface area is 113 Å². The fourth-order valence-electron chi connectivity index (χ4n) is 1.65. The Kier molecular flexibility index (Phi) is 3.13. The van der Waals surface area contributed by atoms with Gasteiger partial charge in [0, 0.05) is 9.75 Å². The number of hydrogen-bond acceptors (Lipinski definition) is 3. The lowest BCUT2D eigenvalue weighted by Gasteiger charge is -2.03. The minimum Gasteiger partial charge on any atom is -0.345 e. The highest BCUT2D eigenvalue weighted by Gasteiger charge is 2.05. The summed E-state index contributed by atoms with van der Waals surface area (Å²) in [5, 5.41) is 6.10. The minimum atomic E-state index is -0.233. The van der Waals surface area contributed by atoms with Crippen molar-refractivity contribution in [3.63, 3.8) is 0 Å². The molecule has 0 fully saturated rings. The van der Waals surface area contributed by atoms with Crippen LogP contribution in [0.3, 0.4) is 0 Å². The van der Waals surface area contributed by atoms with E-state index in [-0.39, 0.29) is 5.82 Å². The largest absolute Gasteiger partial charge is 0.345 e. The Morgan fingerprint density at radius 1 is 0.889 bits per heavy atom. The number of thiophene rings is 2. The van der Waals surface area contributed by atoms with Gasteiger partial charge in [0.25, 0.3) is 0 Å². The molecular weight excluding hydrogens is 265 g/mol. The fraction of sp³-hybridized carbons (Fsp3) is 0. The number of hydrogen-bond donors (Lipinski definition) is 1. The molecule has 0 bridgehead atoms. The molecule has 0 aliphatic heterocycles. The maximum atomic E-state index is 13.5. The third-order valence-electron chi connectivity index (χ3n) is 2.50. The van der Waals surface area contributed by atoms with Gasteiger partial charge >= 0.3 is 0 Å². The van der Waals surface area contributed by atoms with Crippen molar-refractivity contribution in [2.24, 2.45) is 0 Å². The lowest BCUT2D eigenvalue weighted by Crippen LogP contribution is -1.90. The first-order chi connectivity index (χ1) is 8.83. The molecule has 0 aliphatic rings. The first kappa shape index (κ1) is 11.4. The van der Waals surface area contributed by atoms with E-state index in [4.69, 9.17) is 0 Å². The van der Waals surface area contributed by atoms with E-state index in [1.807, 2.05) is 18.2 Å². The van der Waals surface area contributed by atoms with Crippen LogP contribution in [0.15, 0.2) is 53.9 Å². The smallest absolute Gasteiger partial charge is 0.146 e. The number of halogens is 1. The van der Waals surface area contributed by atoms with Gasteiger partial charge in [0.05, 0.1) is 10.7 Å². The van der Waals surface area contributed by atoms with Gasteiger partial charge in [0.15, 0.2) is 0 Å². The van der Waals surface area contributed by atoms with Crippen molar-refractivity contribution in [2.75, 3.05) is 5.32 Å². The van der Waals surface area contributed by atoms with Crippen molar-refractivity contribution in [2.45, 2.75) is 0 Å². The fourth-order valence-corrected chi connectivity index (χ4v) is 3.40. The number of para-hydroxylation sites is 1. The Morgan fingerprint density at radius 2 is 1.78 bits per heavy atom.